The molecule has 1 heterocycles. The van der Waals surface area contributed by atoms with E-state index < -0.39 is 0 Å². The number of ether oxygens (including phenoxy) is 1. The van der Waals surface area contributed by atoms with Crippen molar-refractivity contribution < 1.29 is 14.3 Å². The SMILES string of the molecule is COc1ccc(C(CC(=O)N2C[C@@H](CN)[C@H](c3ccccc3)C2)NC(C)=O)cc1.Cl. The van der Waals surface area contributed by atoms with Crippen LogP contribution in [0.15, 0.2) is 54.6 Å². The molecule has 0 saturated carbocycles. The minimum absolute atomic E-state index is 0. The highest BCUT2D eigenvalue weighted by Crippen LogP contribution is 2.33. The van der Waals surface area contributed by atoms with Crippen molar-refractivity contribution in [3.05, 3.63) is 65.7 Å². The fourth-order valence-electron chi connectivity index (χ4n) is 4.03. The maximum Gasteiger partial charge on any atom is 0.225 e. The zero-order valence-electron chi connectivity index (χ0n) is 17.4. The Bertz CT molecular complexity index is 829. The first-order valence-electron chi connectivity index (χ1n) is 9.95. The van der Waals surface area contributed by atoms with Crippen LogP contribution in [0, 0.1) is 5.92 Å². The van der Waals surface area contributed by atoms with E-state index >= 15 is 0 Å². The van der Waals surface area contributed by atoms with Crippen LogP contribution in [0.1, 0.15) is 36.4 Å². The summed E-state index contributed by atoms with van der Waals surface area (Å²) in [5.41, 5.74) is 8.10. The molecule has 0 bridgehead atoms. The van der Waals surface area contributed by atoms with Crippen LogP contribution in [0.2, 0.25) is 0 Å². The number of rotatable bonds is 7. The highest BCUT2D eigenvalue weighted by Gasteiger charge is 2.35. The number of nitrogens with two attached hydrogens (primary N) is 1. The fourth-order valence-corrected chi connectivity index (χ4v) is 4.03. The molecule has 0 aliphatic carbocycles. The smallest absolute Gasteiger partial charge is 0.225 e. The van der Waals surface area contributed by atoms with Gasteiger partial charge in [0.1, 0.15) is 5.75 Å². The second-order valence-corrected chi connectivity index (χ2v) is 7.54. The van der Waals surface area contributed by atoms with Gasteiger partial charge in [-0.2, -0.15) is 0 Å². The number of likely N-dealkylation sites (tertiary alicyclic amines) is 1. The molecule has 1 aliphatic rings. The van der Waals surface area contributed by atoms with Gasteiger partial charge in [-0.25, -0.2) is 0 Å². The first kappa shape index (κ1) is 23.7. The van der Waals surface area contributed by atoms with E-state index in [4.69, 9.17) is 10.5 Å². The predicted molar refractivity (Wildman–Crippen MR) is 120 cm³/mol. The zero-order valence-corrected chi connectivity index (χ0v) is 18.2. The van der Waals surface area contributed by atoms with Crippen LogP contribution in [0.3, 0.4) is 0 Å². The number of halogens is 1. The first-order chi connectivity index (χ1) is 14.0. The van der Waals surface area contributed by atoms with Gasteiger partial charge in [-0.1, -0.05) is 42.5 Å². The van der Waals surface area contributed by atoms with Gasteiger partial charge in [0.15, 0.2) is 0 Å². The zero-order chi connectivity index (χ0) is 20.8. The number of hydrogen-bond donors (Lipinski definition) is 2. The molecule has 2 aromatic carbocycles. The maximum absolute atomic E-state index is 13.1. The Morgan fingerprint density at radius 1 is 1.13 bits per heavy atom. The standard InChI is InChI=1S/C23H29N3O3.ClH/c1-16(27)25-22(18-8-10-20(29-2)11-9-18)12-23(28)26-14-19(13-24)21(15-26)17-6-4-3-5-7-17;/h3-11,19,21-22H,12-15,24H2,1-2H3,(H,25,27);1H/t19-,21+,22?;/m1./s1. The third-order valence-electron chi connectivity index (χ3n) is 5.60. The lowest BCUT2D eigenvalue weighted by atomic mass is 9.89. The van der Waals surface area contributed by atoms with Crippen LogP contribution >= 0.6 is 12.4 Å². The van der Waals surface area contributed by atoms with Crippen LogP contribution < -0.4 is 15.8 Å². The summed E-state index contributed by atoms with van der Waals surface area (Å²) in [6, 6.07) is 17.3. The van der Waals surface area contributed by atoms with E-state index in [1.54, 1.807) is 7.11 Å². The van der Waals surface area contributed by atoms with E-state index in [0.717, 1.165) is 11.3 Å². The van der Waals surface area contributed by atoms with Gasteiger partial charge in [0, 0.05) is 25.9 Å². The van der Waals surface area contributed by atoms with Crippen molar-refractivity contribution in [1.82, 2.24) is 10.2 Å². The average Bonchev–Trinajstić information content (AvgIpc) is 3.18. The lowest BCUT2D eigenvalue weighted by Crippen LogP contribution is -2.35. The van der Waals surface area contributed by atoms with Crippen molar-refractivity contribution in [3.8, 4) is 5.75 Å². The van der Waals surface area contributed by atoms with Gasteiger partial charge >= 0.3 is 0 Å². The molecule has 1 saturated heterocycles. The molecule has 3 N–H and O–H groups in total. The molecule has 0 aromatic heterocycles. The Morgan fingerprint density at radius 2 is 1.80 bits per heavy atom. The van der Waals surface area contributed by atoms with E-state index in [1.165, 1.54) is 12.5 Å². The third kappa shape index (κ3) is 5.74. The summed E-state index contributed by atoms with van der Waals surface area (Å²) in [5.74, 6) is 1.07. The summed E-state index contributed by atoms with van der Waals surface area (Å²) >= 11 is 0. The second kappa shape index (κ2) is 11.0. The van der Waals surface area contributed by atoms with E-state index in [-0.39, 0.29) is 48.5 Å². The molecule has 3 rings (SSSR count). The Kier molecular flexibility index (Phi) is 8.69. The number of carbonyl (C=O) groups excluding carboxylic acids is 2. The number of carbonyl (C=O) groups is 2. The molecular weight excluding hydrogens is 402 g/mol. The summed E-state index contributed by atoms with van der Waals surface area (Å²) < 4.78 is 5.20. The largest absolute Gasteiger partial charge is 0.497 e. The molecule has 7 heteroatoms. The summed E-state index contributed by atoms with van der Waals surface area (Å²) in [4.78, 5) is 26.7. The molecule has 0 spiro atoms. The Hall–Kier alpha value is -2.57. The number of amides is 2. The summed E-state index contributed by atoms with van der Waals surface area (Å²) in [6.07, 6.45) is 0.213. The Labute approximate surface area is 184 Å². The molecule has 6 nitrogen and oxygen atoms in total. The van der Waals surface area contributed by atoms with Crippen molar-refractivity contribution in [2.45, 2.75) is 25.3 Å². The molecule has 1 aliphatic heterocycles. The first-order valence-corrected chi connectivity index (χ1v) is 9.95. The summed E-state index contributed by atoms with van der Waals surface area (Å²) in [7, 11) is 1.61. The second-order valence-electron chi connectivity index (χ2n) is 7.54. The molecule has 3 atom stereocenters. The minimum atomic E-state index is -0.377. The van der Waals surface area contributed by atoms with Crippen LogP contribution in [0.25, 0.3) is 0 Å². The lowest BCUT2D eigenvalue weighted by molar-refractivity contribution is -0.131. The molecule has 2 amide bonds. The van der Waals surface area contributed by atoms with Crippen molar-refractivity contribution in [1.29, 1.82) is 0 Å². The highest BCUT2D eigenvalue weighted by molar-refractivity contribution is 5.85. The highest BCUT2D eigenvalue weighted by atomic mass is 35.5. The average molecular weight is 432 g/mol. The maximum atomic E-state index is 13.1. The van der Waals surface area contributed by atoms with E-state index in [2.05, 4.69) is 17.4 Å². The Morgan fingerprint density at radius 3 is 2.37 bits per heavy atom. The van der Waals surface area contributed by atoms with E-state index in [0.29, 0.717) is 19.6 Å². The summed E-state index contributed by atoms with van der Waals surface area (Å²) in [5, 5.41) is 2.90. The molecule has 1 unspecified atom stereocenters. The molecular formula is C23H30ClN3O3. The number of benzene rings is 2. The van der Waals surface area contributed by atoms with E-state index in [1.807, 2.05) is 47.4 Å². The number of hydrogen-bond acceptors (Lipinski definition) is 4. The topological polar surface area (TPSA) is 84.7 Å². The van der Waals surface area contributed by atoms with Gasteiger partial charge in [0.2, 0.25) is 11.8 Å². The van der Waals surface area contributed by atoms with Crippen molar-refractivity contribution in [2.24, 2.45) is 11.7 Å². The van der Waals surface area contributed by atoms with Crippen LogP contribution in [-0.4, -0.2) is 43.5 Å². The molecule has 0 radical (unpaired) electrons. The third-order valence-corrected chi connectivity index (χ3v) is 5.60. The van der Waals surface area contributed by atoms with Gasteiger partial charge in [-0.3, -0.25) is 9.59 Å². The Balaban J connectivity index is 0.00000320. The van der Waals surface area contributed by atoms with Gasteiger partial charge in [-0.15, -0.1) is 12.4 Å². The number of nitrogens with one attached hydrogen (secondary N) is 1. The van der Waals surface area contributed by atoms with Gasteiger partial charge < -0.3 is 20.7 Å². The fraction of sp³-hybridized carbons (Fsp3) is 0.391. The quantitative estimate of drug-likeness (QED) is 0.705. The number of methoxy groups -OCH3 is 1. The minimum Gasteiger partial charge on any atom is -0.497 e. The molecule has 162 valence electrons. The molecule has 30 heavy (non-hydrogen) atoms. The predicted octanol–water partition coefficient (Wildman–Crippen LogP) is 2.89. The van der Waals surface area contributed by atoms with Gasteiger partial charge in [0.25, 0.3) is 0 Å². The number of nitrogens with zero attached hydrogens (tertiary/aromatic N) is 1. The van der Waals surface area contributed by atoms with Crippen molar-refractivity contribution in [3.63, 3.8) is 0 Å². The normalized spacial score (nSPS) is 19.0. The van der Waals surface area contributed by atoms with Crippen molar-refractivity contribution >= 4 is 24.2 Å². The summed E-state index contributed by atoms with van der Waals surface area (Å²) in [6.45, 7) is 3.30. The van der Waals surface area contributed by atoms with Gasteiger partial charge in [0.05, 0.1) is 19.6 Å². The monoisotopic (exact) mass is 431 g/mol. The molecule has 1 fully saturated rings. The van der Waals surface area contributed by atoms with Crippen LogP contribution in [0.5, 0.6) is 5.75 Å². The van der Waals surface area contributed by atoms with Crippen LogP contribution in [-0.2, 0) is 9.59 Å². The molecule has 2 aromatic rings. The lowest BCUT2D eigenvalue weighted by Gasteiger charge is -2.22. The van der Waals surface area contributed by atoms with Crippen LogP contribution in [0.4, 0.5) is 0 Å². The van der Waals surface area contributed by atoms with Crippen molar-refractivity contribution in [2.75, 3.05) is 26.7 Å². The van der Waals surface area contributed by atoms with Gasteiger partial charge in [-0.05, 0) is 35.7 Å². The van der Waals surface area contributed by atoms with E-state index in [9.17, 15) is 9.59 Å².